The van der Waals surface area contributed by atoms with Crippen LogP contribution in [0.5, 0.6) is 17.2 Å². The zero-order chi connectivity index (χ0) is 46.1. The van der Waals surface area contributed by atoms with E-state index >= 15 is 0 Å². The molecule has 342 valence electrons. The summed E-state index contributed by atoms with van der Waals surface area (Å²) in [5, 5.41) is 15.2. The number of nitrogens with one attached hydrogen (secondary N) is 2. The molecular weight excluding hydrogens is 849 g/mol. The van der Waals surface area contributed by atoms with E-state index in [9.17, 15) is 24.0 Å². The van der Waals surface area contributed by atoms with Gasteiger partial charge < -0.3 is 43.7 Å². The Kier molecular flexibility index (Phi) is 12.2. The molecule has 2 saturated heterocycles. The molecule has 9 rings (SSSR count). The van der Waals surface area contributed by atoms with Gasteiger partial charge in [-0.3, -0.25) is 29.3 Å². The SMILES string of the molecule is COc1cc(/N=N\c2cccc3c2CN(C2CCC(=O)NC2=O)C3=O)cc(OC)c1OCC(=O)N1CCN(c2ccc(Nc3ncc4cc(C(=O)N(C)C)n(C5CCCC5)c4n3)nc2)CC1. The van der Waals surface area contributed by atoms with Gasteiger partial charge in [0.1, 0.15) is 23.2 Å². The first-order chi connectivity index (χ1) is 32.0. The third kappa shape index (κ3) is 8.64. The van der Waals surface area contributed by atoms with Crippen molar-refractivity contribution in [3.8, 4) is 17.2 Å². The van der Waals surface area contributed by atoms with Crippen molar-refractivity contribution < 1.29 is 38.2 Å². The van der Waals surface area contributed by atoms with E-state index in [-0.39, 0.29) is 72.9 Å². The first kappa shape index (κ1) is 43.6. The second kappa shape index (κ2) is 18.5. The number of amides is 5. The number of methoxy groups -OCH3 is 2. The van der Waals surface area contributed by atoms with Crippen molar-refractivity contribution in [3.05, 3.63) is 77.7 Å². The molecule has 6 heterocycles. The number of nitrogens with zero attached hydrogens (tertiary/aromatic N) is 10. The van der Waals surface area contributed by atoms with Crippen LogP contribution in [0.2, 0.25) is 0 Å². The lowest BCUT2D eigenvalue weighted by Gasteiger charge is -2.36. The number of carbonyl (C=O) groups excluding carboxylic acids is 5. The summed E-state index contributed by atoms with van der Waals surface area (Å²) in [6.45, 7) is 2.02. The second-order valence-corrected chi connectivity index (χ2v) is 16.8. The first-order valence-corrected chi connectivity index (χ1v) is 21.9. The van der Waals surface area contributed by atoms with Gasteiger partial charge in [-0.1, -0.05) is 18.9 Å². The molecule has 1 unspecified atom stereocenters. The molecule has 1 atom stereocenters. The van der Waals surface area contributed by atoms with Gasteiger partial charge in [-0.25, -0.2) is 9.97 Å². The lowest BCUT2D eigenvalue weighted by Crippen LogP contribution is -2.52. The molecule has 1 saturated carbocycles. The average Bonchev–Trinajstić information content (AvgIpc) is 4.08. The number of rotatable bonds is 13. The van der Waals surface area contributed by atoms with Crippen LogP contribution in [0.4, 0.5) is 28.8 Å². The van der Waals surface area contributed by atoms with E-state index in [2.05, 4.69) is 40.3 Å². The highest BCUT2D eigenvalue weighted by Gasteiger charge is 2.40. The first-order valence-electron chi connectivity index (χ1n) is 21.9. The average molecular weight is 899 g/mol. The minimum Gasteiger partial charge on any atom is -0.493 e. The molecule has 20 nitrogen and oxygen atoms in total. The summed E-state index contributed by atoms with van der Waals surface area (Å²) in [5.74, 6) is 0.340. The summed E-state index contributed by atoms with van der Waals surface area (Å²) >= 11 is 0. The molecule has 1 aliphatic carbocycles. The van der Waals surface area contributed by atoms with Gasteiger partial charge in [0, 0.05) is 94.1 Å². The Morgan fingerprint density at radius 3 is 2.35 bits per heavy atom. The van der Waals surface area contributed by atoms with Crippen LogP contribution >= 0.6 is 0 Å². The molecule has 5 aromatic rings. The molecule has 66 heavy (non-hydrogen) atoms. The number of carbonyl (C=O) groups is 5. The summed E-state index contributed by atoms with van der Waals surface area (Å²) in [6.07, 6.45) is 8.18. The Morgan fingerprint density at radius 2 is 1.67 bits per heavy atom. The lowest BCUT2D eigenvalue weighted by molar-refractivity contribution is -0.137. The van der Waals surface area contributed by atoms with Gasteiger partial charge in [-0.15, -0.1) is 0 Å². The van der Waals surface area contributed by atoms with Crippen molar-refractivity contribution in [2.45, 2.75) is 57.2 Å². The Balaban J connectivity index is 0.799. The third-order valence-electron chi connectivity index (χ3n) is 12.5. The number of benzene rings is 2. The number of anilines is 3. The van der Waals surface area contributed by atoms with Gasteiger partial charge in [-0.05, 0) is 49.6 Å². The molecule has 3 aromatic heterocycles. The second-order valence-electron chi connectivity index (χ2n) is 16.8. The van der Waals surface area contributed by atoms with Gasteiger partial charge in [0.2, 0.25) is 23.5 Å². The molecule has 5 amide bonds. The predicted octanol–water partition coefficient (Wildman–Crippen LogP) is 5.31. The predicted molar refractivity (Wildman–Crippen MR) is 241 cm³/mol. The fourth-order valence-electron chi connectivity index (χ4n) is 9.04. The normalized spacial score (nSPS) is 17.7. The van der Waals surface area contributed by atoms with Crippen LogP contribution in [0.15, 0.2) is 71.2 Å². The maximum absolute atomic E-state index is 13.4. The van der Waals surface area contributed by atoms with Crippen molar-refractivity contribution >= 4 is 69.4 Å². The maximum atomic E-state index is 13.4. The monoisotopic (exact) mass is 898 g/mol. The smallest absolute Gasteiger partial charge is 0.270 e. The van der Waals surface area contributed by atoms with E-state index in [0.717, 1.165) is 42.4 Å². The van der Waals surface area contributed by atoms with Crippen LogP contribution in [-0.4, -0.2) is 131 Å². The fraction of sp³-hybridized carbons (Fsp3) is 0.391. The van der Waals surface area contributed by atoms with E-state index in [1.165, 1.54) is 19.1 Å². The molecule has 4 aliphatic rings. The largest absolute Gasteiger partial charge is 0.493 e. The highest BCUT2D eigenvalue weighted by molar-refractivity contribution is 6.06. The summed E-state index contributed by atoms with van der Waals surface area (Å²) in [4.78, 5) is 85.0. The Morgan fingerprint density at radius 1 is 0.909 bits per heavy atom. The Labute approximate surface area is 379 Å². The molecule has 2 N–H and O–H groups in total. The molecule has 0 spiro atoms. The van der Waals surface area contributed by atoms with Crippen LogP contribution in [0, 0.1) is 0 Å². The van der Waals surface area contributed by atoms with E-state index in [1.807, 2.05) is 18.2 Å². The molecule has 20 heteroatoms. The summed E-state index contributed by atoms with van der Waals surface area (Å²) in [5.41, 5.74) is 4.12. The van der Waals surface area contributed by atoms with Crippen molar-refractivity contribution in [2.75, 3.05) is 71.3 Å². The Bertz CT molecular complexity index is 2720. The highest BCUT2D eigenvalue weighted by Crippen LogP contribution is 2.42. The minimum absolute atomic E-state index is 0.0608. The van der Waals surface area contributed by atoms with Gasteiger partial charge in [0.05, 0.1) is 37.5 Å². The number of imide groups is 1. The lowest BCUT2D eigenvalue weighted by atomic mass is 10.0. The van der Waals surface area contributed by atoms with Crippen molar-refractivity contribution in [1.82, 2.24) is 39.5 Å². The standard InChI is InChI=1S/C46H50N12O8/c1-54(2)45(63)35-20-27-23-48-46(51-42(27)58(35)29-8-5-6-9-29)49-38-14-12-30(24-47-38)55-16-18-56(19-17-55)40(60)26-66-41-36(64-3)21-28(22-37(41)65-4)52-53-33-11-7-10-31-32(33)25-57(44(31)62)34-13-15-39(59)50-43(34)61/h7,10-12,14,20-24,29,34H,5-6,8-9,13,15-19,25-26H2,1-4H3,(H,50,59,61)(H,47,48,49,51)/b53-52-. The van der Waals surface area contributed by atoms with Crippen molar-refractivity contribution in [3.63, 3.8) is 0 Å². The molecule has 0 bridgehead atoms. The fourth-order valence-corrected chi connectivity index (χ4v) is 9.04. The van der Waals surface area contributed by atoms with E-state index < -0.39 is 11.9 Å². The van der Waals surface area contributed by atoms with Crippen LogP contribution < -0.4 is 29.7 Å². The number of piperazine rings is 1. The Hall–Kier alpha value is -7.64. The van der Waals surface area contributed by atoms with Gasteiger partial charge in [-0.2, -0.15) is 15.2 Å². The zero-order valence-corrected chi connectivity index (χ0v) is 37.2. The van der Waals surface area contributed by atoms with Gasteiger partial charge in [0.15, 0.2) is 18.1 Å². The summed E-state index contributed by atoms with van der Waals surface area (Å²) in [6, 6.07) is 13.5. The van der Waals surface area contributed by atoms with Crippen LogP contribution in [0.1, 0.15) is 71.0 Å². The van der Waals surface area contributed by atoms with E-state index in [1.54, 1.807) is 66.6 Å². The molecule has 3 fully saturated rings. The number of azo groups is 1. The van der Waals surface area contributed by atoms with E-state index in [4.69, 9.17) is 19.2 Å². The maximum Gasteiger partial charge on any atom is 0.270 e. The van der Waals surface area contributed by atoms with Gasteiger partial charge >= 0.3 is 0 Å². The summed E-state index contributed by atoms with van der Waals surface area (Å²) in [7, 11) is 6.45. The van der Waals surface area contributed by atoms with Gasteiger partial charge in [0.25, 0.3) is 17.7 Å². The molecule has 3 aliphatic heterocycles. The number of hydrogen-bond acceptors (Lipinski definition) is 15. The number of ether oxygens (including phenoxy) is 3. The number of aromatic nitrogens is 4. The molecule has 0 radical (unpaired) electrons. The van der Waals surface area contributed by atoms with Crippen molar-refractivity contribution in [1.29, 1.82) is 0 Å². The minimum atomic E-state index is -0.751. The summed E-state index contributed by atoms with van der Waals surface area (Å²) < 4.78 is 19.4. The quantitative estimate of drug-likeness (QED) is 0.113. The topological polar surface area (TPSA) is 218 Å². The van der Waals surface area contributed by atoms with Crippen LogP contribution in [0.25, 0.3) is 11.0 Å². The third-order valence-corrected chi connectivity index (χ3v) is 12.5. The molecule has 2 aromatic carbocycles. The number of piperidine rings is 1. The van der Waals surface area contributed by atoms with E-state index in [0.29, 0.717) is 66.1 Å². The number of hydrogen-bond donors (Lipinski definition) is 2. The highest BCUT2D eigenvalue weighted by atomic mass is 16.5. The van der Waals surface area contributed by atoms with Crippen LogP contribution in [-0.2, 0) is 20.9 Å². The molecular formula is C46H50N12O8. The van der Waals surface area contributed by atoms with Crippen molar-refractivity contribution in [2.24, 2.45) is 10.2 Å². The van der Waals surface area contributed by atoms with Crippen LogP contribution in [0.3, 0.4) is 0 Å². The zero-order valence-electron chi connectivity index (χ0n) is 37.2. The number of fused-ring (bicyclic) bond motifs is 2. The number of pyridine rings is 1.